The fraction of sp³-hybridized carbons (Fsp3) is 0.296. The summed E-state index contributed by atoms with van der Waals surface area (Å²) in [4.78, 5) is 4.33. The number of aryl methyl sites for hydroxylation is 2. The Morgan fingerprint density at radius 3 is 2.61 bits per heavy atom. The average molecular weight is 447 g/mol. The molecule has 1 atom stereocenters. The maximum Gasteiger partial charge on any atom is 0.162 e. The number of ether oxygens (including phenoxy) is 3. The van der Waals surface area contributed by atoms with E-state index in [1.165, 1.54) is 0 Å². The number of pyridine rings is 1. The van der Waals surface area contributed by atoms with E-state index in [0.29, 0.717) is 23.9 Å². The van der Waals surface area contributed by atoms with Gasteiger partial charge in [-0.25, -0.2) is 0 Å². The quantitative estimate of drug-likeness (QED) is 0.538. The first-order valence-electron chi connectivity index (χ1n) is 11.0. The molecule has 6 heteroatoms. The highest BCUT2D eigenvalue weighted by Gasteiger charge is 2.20. The highest BCUT2D eigenvalue weighted by atomic mass is 16.5. The van der Waals surface area contributed by atoms with Gasteiger partial charge < -0.3 is 24.6 Å². The van der Waals surface area contributed by atoms with E-state index < -0.39 is 0 Å². The zero-order valence-electron chi connectivity index (χ0n) is 19.5. The molecule has 2 aromatic carbocycles. The van der Waals surface area contributed by atoms with Crippen molar-refractivity contribution in [3.63, 3.8) is 0 Å². The lowest BCUT2D eigenvalue weighted by molar-refractivity contribution is 0.284. The summed E-state index contributed by atoms with van der Waals surface area (Å²) in [5.74, 6) is 2.05. The van der Waals surface area contributed by atoms with Gasteiger partial charge in [-0.1, -0.05) is 18.2 Å². The van der Waals surface area contributed by atoms with Gasteiger partial charge >= 0.3 is 0 Å². The first-order valence-corrected chi connectivity index (χ1v) is 11.0. The van der Waals surface area contributed by atoms with Crippen molar-refractivity contribution in [1.29, 1.82) is 0 Å². The monoisotopic (exact) mass is 446 g/mol. The van der Waals surface area contributed by atoms with Gasteiger partial charge in [0.15, 0.2) is 23.0 Å². The predicted molar refractivity (Wildman–Crippen MR) is 129 cm³/mol. The number of rotatable bonds is 7. The van der Waals surface area contributed by atoms with Gasteiger partial charge in [-0.15, -0.1) is 0 Å². The van der Waals surface area contributed by atoms with Crippen LogP contribution in [0, 0.1) is 13.8 Å². The first kappa shape index (κ1) is 22.7. The van der Waals surface area contributed by atoms with Gasteiger partial charge in [0.25, 0.3) is 0 Å². The van der Waals surface area contributed by atoms with Crippen LogP contribution in [0.25, 0.3) is 6.08 Å². The third-order valence-corrected chi connectivity index (χ3v) is 5.92. The van der Waals surface area contributed by atoms with Crippen molar-refractivity contribution in [2.24, 2.45) is 0 Å². The molecule has 33 heavy (non-hydrogen) atoms. The molecule has 1 aliphatic rings. The fourth-order valence-corrected chi connectivity index (χ4v) is 4.01. The Kier molecular flexibility index (Phi) is 6.84. The Bertz CT molecular complexity index is 1160. The van der Waals surface area contributed by atoms with Gasteiger partial charge in [0.1, 0.15) is 6.61 Å². The molecule has 2 heterocycles. The van der Waals surface area contributed by atoms with Crippen LogP contribution in [0.5, 0.6) is 23.0 Å². The molecule has 0 bridgehead atoms. The van der Waals surface area contributed by atoms with E-state index >= 15 is 0 Å². The Morgan fingerprint density at radius 2 is 1.88 bits per heavy atom. The van der Waals surface area contributed by atoms with Crippen LogP contribution in [0.2, 0.25) is 0 Å². The third-order valence-electron chi connectivity index (χ3n) is 5.92. The Hall–Kier alpha value is -3.51. The summed E-state index contributed by atoms with van der Waals surface area (Å²) >= 11 is 0. The second kappa shape index (κ2) is 9.96. The lowest BCUT2D eigenvalue weighted by Crippen LogP contribution is -2.28. The van der Waals surface area contributed by atoms with Crippen LogP contribution >= 0.6 is 0 Å². The van der Waals surface area contributed by atoms with Crippen LogP contribution in [0.15, 0.2) is 48.7 Å². The van der Waals surface area contributed by atoms with E-state index in [2.05, 4.69) is 29.4 Å². The SMILES string of the molecule is COc1cc2c(cc1O)CCNC2/C=C/c1cc(OCc2ccc(C)nc2)c(OC)cc1C. The Labute approximate surface area is 194 Å². The molecule has 2 N–H and O–H groups in total. The van der Waals surface area contributed by atoms with Crippen LogP contribution in [-0.2, 0) is 13.0 Å². The smallest absolute Gasteiger partial charge is 0.162 e. The molecule has 1 aromatic heterocycles. The molecule has 6 nitrogen and oxygen atoms in total. The molecule has 172 valence electrons. The van der Waals surface area contributed by atoms with Crippen LogP contribution in [0.4, 0.5) is 0 Å². The van der Waals surface area contributed by atoms with Crippen molar-refractivity contribution < 1.29 is 19.3 Å². The predicted octanol–water partition coefficient (Wildman–Crippen LogP) is 4.90. The molecule has 4 rings (SSSR count). The second-order valence-electron chi connectivity index (χ2n) is 8.22. The summed E-state index contributed by atoms with van der Waals surface area (Å²) in [6.07, 6.45) is 6.93. The molecular formula is C27H30N2O4. The van der Waals surface area contributed by atoms with Gasteiger partial charge in [0, 0.05) is 24.0 Å². The van der Waals surface area contributed by atoms with Gasteiger partial charge in [0.05, 0.1) is 20.3 Å². The number of methoxy groups -OCH3 is 2. The minimum atomic E-state index is 0.0211. The molecule has 0 aliphatic carbocycles. The molecule has 0 radical (unpaired) electrons. The molecular weight excluding hydrogens is 416 g/mol. The average Bonchev–Trinajstić information content (AvgIpc) is 2.82. The number of aromatic hydroxyl groups is 1. The van der Waals surface area contributed by atoms with Gasteiger partial charge in [-0.2, -0.15) is 0 Å². The topological polar surface area (TPSA) is 72.8 Å². The summed E-state index contributed by atoms with van der Waals surface area (Å²) < 4.78 is 16.9. The summed E-state index contributed by atoms with van der Waals surface area (Å²) in [6.45, 7) is 5.27. The fourth-order valence-electron chi connectivity index (χ4n) is 4.01. The van der Waals surface area contributed by atoms with E-state index in [4.69, 9.17) is 14.2 Å². The highest BCUT2D eigenvalue weighted by Crippen LogP contribution is 2.36. The van der Waals surface area contributed by atoms with Crippen molar-refractivity contribution in [3.8, 4) is 23.0 Å². The molecule has 1 aliphatic heterocycles. The maximum absolute atomic E-state index is 10.1. The van der Waals surface area contributed by atoms with Gasteiger partial charge in [0.2, 0.25) is 0 Å². The number of nitrogens with one attached hydrogen (secondary N) is 1. The number of hydrogen-bond donors (Lipinski definition) is 2. The zero-order valence-corrected chi connectivity index (χ0v) is 19.5. The zero-order chi connectivity index (χ0) is 23.4. The molecule has 0 amide bonds. The molecule has 1 unspecified atom stereocenters. The normalized spacial score (nSPS) is 15.3. The van der Waals surface area contributed by atoms with E-state index in [-0.39, 0.29) is 11.8 Å². The lowest BCUT2D eigenvalue weighted by atomic mass is 9.92. The molecule has 0 saturated heterocycles. The highest BCUT2D eigenvalue weighted by molar-refractivity contribution is 5.61. The minimum absolute atomic E-state index is 0.0211. The van der Waals surface area contributed by atoms with Crippen molar-refractivity contribution >= 4 is 6.08 Å². The molecule has 0 spiro atoms. The van der Waals surface area contributed by atoms with E-state index in [1.54, 1.807) is 20.3 Å². The van der Waals surface area contributed by atoms with Crippen molar-refractivity contribution in [3.05, 3.63) is 82.2 Å². The summed E-state index contributed by atoms with van der Waals surface area (Å²) in [5, 5.41) is 13.7. The number of hydrogen-bond acceptors (Lipinski definition) is 6. The third kappa shape index (κ3) is 5.12. The summed E-state index contributed by atoms with van der Waals surface area (Å²) in [5.41, 5.74) is 6.36. The standard InChI is InChI=1S/C27H30N2O4/c1-17-11-26(32-4)27(33-16-19-6-5-18(2)29-15-19)13-20(17)7-8-23-22-14-25(31-3)24(30)12-21(22)9-10-28-23/h5-8,11-15,23,28,30H,9-10,16H2,1-4H3/b8-7+. The number of phenolic OH excluding ortho intramolecular Hbond substituents is 1. The maximum atomic E-state index is 10.1. The number of fused-ring (bicyclic) bond motifs is 1. The molecule has 0 saturated carbocycles. The number of benzene rings is 2. The van der Waals surface area contributed by atoms with Gasteiger partial charge in [-0.05, 0) is 72.9 Å². The van der Waals surface area contributed by atoms with Gasteiger partial charge in [-0.3, -0.25) is 4.98 Å². The van der Waals surface area contributed by atoms with Crippen LogP contribution in [-0.4, -0.2) is 30.9 Å². The Balaban J connectivity index is 1.58. The van der Waals surface area contributed by atoms with E-state index in [9.17, 15) is 5.11 Å². The Morgan fingerprint density at radius 1 is 1.06 bits per heavy atom. The molecule has 0 fully saturated rings. The number of phenols is 1. The van der Waals surface area contributed by atoms with Crippen molar-refractivity contribution in [2.45, 2.75) is 32.9 Å². The second-order valence-corrected chi connectivity index (χ2v) is 8.22. The minimum Gasteiger partial charge on any atom is -0.504 e. The summed E-state index contributed by atoms with van der Waals surface area (Å²) in [7, 11) is 3.22. The van der Waals surface area contributed by atoms with Crippen LogP contribution < -0.4 is 19.5 Å². The molecule has 3 aromatic rings. The number of aromatic nitrogens is 1. The van der Waals surface area contributed by atoms with Crippen molar-refractivity contribution in [2.75, 3.05) is 20.8 Å². The summed E-state index contributed by atoms with van der Waals surface area (Å²) in [6, 6.07) is 11.7. The number of nitrogens with zero attached hydrogens (tertiary/aromatic N) is 1. The first-order chi connectivity index (χ1) is 16.0. The van der Waals surface area contributed by atoms with Crippen LogP contribution in [0.3, 0.4) is 0 Å². The van der Waals surface area contributed by atoms with E-state index in [1.807, 2.05) is 43.5 Å². The largest absolute Gasteiger partial charge is 0.504 e. The van der Waals surface area contributed by atoms with Crippen molar-refractivity contribution in [1.82, 2.24) is 10.3 Å². The van der Waals surface area contributed by atoms with E-state index in [0.717, 1.165) is 46.5 Å². The lowest BCUT2D eigenvalue weighted by Gasteiger charge is -2.25. The van der Waals surface area contributed by atoms with Crippen LogP contribution in [0.1, 0.15) is 39.6 Å².